The minimum Gasteiger partial charge on any atom is -0.445 e. The molecular formula is C42H56BN3O6. The number of aliphatic hydroxyl groups excluding tert-OH is 1. The van der Waals surface area contributed by atoms with E-state index in [-0.39, 0.29) is 36.7 Å². The number of aromatic nitrogens is 2. The lowest BCUT2D eigenvalue weighted by Crippen LogP contribution is -2.41. The molecule has 278 valence electrons. The number of aryl methyl sites for hydroxylation is 1. The molecule has 0 radical (unpaired) electrons. The van der Waals surface area contributed by atoms with Crippen LogP contribution in [0.5, 0.6) is 0 Å². The smallest absolute Gasteiger partial charge is 0.445 e. The molecule has 0 saturated carbocycles. The maximum absolute atomic E-state index is 13.0. The lowest BCUT2D eigenvalue weighted by Gasteiger charge is -2.32. The van der Waals surface area contributed by atoms with Crippen molar-refractivity contribution < 1.29 is 28.7 Å². The number of carbonyl (C=O) groups excluding carboxylic acids is 1. The number of fused-ring (bicyclic) bond motifs is 1. The summed E-state index contributed by atoms with van der Waals surface area (Å²) in [5.41, 5.74) is 7.11. The van der Waals surface area contributed by atoms with Gasteiger partial charge in [0.25, 0.3) is 0 Å². The number of benzene rings is 2. The van der Waals surface area contributed by atoms with Gasteiger partial charge >= 0.3 is 13.2 Å². The molecule has 1 atom stereocenters. The van der Waals surface area contributed by atoms with E-state index in [1.54, 1.807) is 7.11 Å². The Hall–Kier alpha value is -3.70. The zero-order chi connectivity index (χ0) is 37.4. The third kappa shape index (κ3) is 7.54. The minimum absolute atomic E-state index is 0.0497. The minimum atomic E-state index is -0.489. The summed E-state index contributed by atoms with van der Waals surface area (Å²) < 4.78 is 26.9. The van der Waals surface area contributed by atoms with Gasteiger partial charge in [0.15, 0.2) is 0 Å². The first-order valence-electron chi connectivity index (χ1n) is 18.8. The second-order valence-corrected chi connectivity index (χ2v) is 16.3. The SMILES string of the molecule is CCn1c(-c2cc(C3CCN(C(=O)OCc4ccccc4)CC3)cnc2[C@H](C)OC)c(CC(C)(C)CO)c2cc(B3OC(C)(C)C(C)(C)O3)ccc21. The highest BCUT2D eigenvalue weighted by Crippen LogP contribution is 2.43. The van der Waals surface area contributed by atoms with Crippen LogP contribution in [0, 0.1) is 5.41 Å². The first-order valence-corrected chi connectivity index (χ1v) is 18.8. The van der Waals surface area contributed by atoms with Crippen LogP contribution in [0.3, 0.4) is 0 Å². The Morgan fingerprint density at radius 2 is 1.73 bits per heavy atom. The number of methoxy groups -OCH3 is 1. The van der Waals surface area contributed by atoms with E-state index in [9.17, 15) is 9.90 Å². The Morgan fingerprint density at radius 3 is 2.35 bits per heavy atom. The standard InChI is InChI=1S/C42H56BN3O6/c1-10-46-36-17-16-32(43-51-41(5,6)42(7,8)52-43)23-33(36)35(24-40(3,4)27-47)38(46)34-22-31(25-44-37(34)28(2)49-9)30-18-20-45(21-19-30)39(48)50-26-29-14-12-11-13-15-29/h11-17,22-23,25,28,30,47H,10,18-21,24,26-27H2,1-9H3/t28-/m0/s1. The van der Waals surface area contributed by atoms with E-state index in [1.165, 1.54) is 0 Å². The van der Waals surface area contributed by atoms with Crippen LogP contribution in [0.2, 0.25) is 0 Å². The van der Waals surface area contributed by atoms with Crippen LogP contribution < -0.4 is 5.46 Å². The number of pyridine rings is 1. The molecule has 2 saturated heterocycles. The Morgan fingerprint density at radius 1 is 1.06 bits per heavy atom. The molecule has 6 rings (SSSR count). The van der Waals surface area contributed by atoms with Gasteiger partial charge < -0.3 is 33.4 Å². The molecule has 0 bridgehead atoms. The summed E-state index contributed by atoms with van der Waals surface area (Å²) in [5.74, 6) is 0.239. The topological polar surface area (TPSA) is 95.3 Å². The van der Waals surface area contributed by atoms with Crippen molar-refractivity contribution in [3.63, 3.8) is 0 Å². The molecular weight excluding hydrogens is 653 g/mol. The quantitative estimate of drug-likeness (QED) is 0.159. The van der Waals surface area contributed by atoms with Gasteiger partial charge in [0.05, 0.1) is 28.7 Å². The van der Waals surface area contributed by atoms with E-state index in [0.29, 0.717) is 19.5 Å². The molecule has 4 heterocycles. The van der Waals surface area contributed by atoms with Crippen molar-refractivity contribution in [2.75, 3.05) is 26.8 Å². The van der Waals surface area contributed by atoms with Crippen molar-refractivity contribution in [1.82, 2.24) is 14.5 Å². The molecule has 10 heteroatoms. The fourth-order valence-electron chi connectivity index (χ4n) is 7.46. The molecule has 1 N–H and O–H groups in total. The molecule has 0 aliphatic carbocycles. The number of hydrogen-bond donors (Lipinski definition) is 1. The van der Waals surface area contributed by atoms with Gasteiger partial charge in [0.1, 0.15) is 6.61 Å². The number of hydrogen-bond acceptors (Lipinski definition) is 7. The first-order chi connectivity index (χ1) is 24.7. The molecule has 2 aromatic carbocycles. The van der Waals surface area contributed by atoms with Gasteiger partial charge in [-0.25, -0.2) is 4.79 Å². The van der Waals surface area contributed by atoms with Crippen LogP contribution in [-0.2, 0) is 38.4 Å². The molecule has 2 aliphatic heterocycles. The molecule has 2 fully saturated rings. The normalized spacial score (nSPS) is 18.3. The van der Waals surface area contributed by atoms with Crippen molar-refractivity contribution in [3.8, 4) is 11.3 Å². The maximum atomic E-state index is 13.0. The number of amides is 1. The summed E-state index contributed by atoms with van der Waals surface area (Å²) in [6.45, 7) is 19.0. The van der Waals surface area contributed by atoms with Crippen LogP contribution in [-0.4, -0.2) is 70.8 Å². The fraction of sp³-hybridized carbons (Fsp3) is 0.524. The Labute approximate surface area is 309 Å². The monoisotopic (exact) mass is 709 g/mol. The molecule has 52 heavy (non-hydrogen) atoms. The van der Waals surface area contributed by atoms with Gasteiger partial charge in [-0.1, -0.05) is 56.3 Å². The number of ether oxygens (including phenoxy) is 2. The molecule has 2 aliphatic rings. The highest BCUT2D eigenvalue weighted by atomic mass is 16.7. The first kappa shape index (κ1) is 38.0. The molecule has 1 amide bonds. The van der Waals surface area contributed by atoms with E-state index < -0.39 is 18.3 Å². The summed E-state index contributed by atoms with van der Waals surface area (Å²) in [6, 6.07) is 18.6. The van der Waals surface area contributed by atoms with E-state index in [4.69, 9.17) is 23.8 Å². The van der Waals surface area contributed by atoms with Crippen LogP contribution in [0.25, 0.3) is 22.2 Å². The number of rotatable bonds is 11. The molecule has 2 aromatic heterocycles. The van der Waals surface area contributed by atoms with Crippen LogP contribution in [0.4, 0.5) is 4.79 Å². The van der Waals surface area contributed by atoms with Crippen molar-refractivity contribution in [2.45, 2.75) is 111 Å². The highest BCUT2D eigenvalue weighted by molar-refractivity contribution is 6.62. The zero-order valence-electron chi connectivity index (χ0n) is 32.5. The predicted octanol–water partition coefficient (Wildman–Crippen LogP) is 7.81. The lowest BCUT2D eigenvalue weighted by molar-refractivity contribution is 0.00578. The van der Waals surface area contributed by atoms with Crippen molar-refractivity contribution in [3.05, 3.63) is 83.2 Å². The lowest BCUT2D eigenvalue weighted by atomic mass is 9.77. The van der Waals surface area contributed by atoms with E-state index in [2.05, 4.69) is 77.3 Å². The number of aliphatic hydroxyl groups is 1. The number of carbonyl (C=O) groups is 1. The zero-order valence-corrected chi connectivity index (χ0v) is 32.5. The van der Waals surface area contributed by atoms with Gasteiger partial charge in [0.2, 0.25) is 0 Å². The second-order valence-electron chi connectivity index (χ2n) is 16.3. The van der Waals surface area contributed by atoms with Crippen molar-refractivity contribution in [2.24, 2.45) is 5.41 Å². The summed E-state index contributed by atoms with van der Waals surface area (Å²) in [4.78, 5) is 19.9. The predicted molar refractivity (Wildman–Crippen MR) is 207 cm³/mol. The van der Waals surface area contributed by atoms with Gasteiger partial charge in [-0.05, 0) is 106 Å². The van der Waals surface area contributed by atoms with Crippen LogP contribution in [0.1, 0.15) is 103 Å². The summed E-state index contributed by atoms with van der Waals surface area (Å²) >= 11 is 0. The molecule has 9 nitrogen and oxygen atoms in total. The molecule has 0 unspecified atom stereocenters. The van der Waals surface area contributed by atoms with Crippen LogP contribution >= 0.6 is 0 Å². The van der Waals surface area contributed by atoms with Gasteiger partial charge in [0, 0.05) is 56.0 Å². The van der Waals surface area contributed by atoms with Crippen LogP contribution in [0.15, 0.2) is 60.8 Å². The number of piperidine rings is 1. The van der Waals surface area contributed by atoms with E-state index in [1.807, 2.05) is 48.4 Å². The summed E-state index contributed by atoms with van der Waals surface area (Å²) in [5, 5.41) is 11.6. The third-order valence-electron chi connectivity index (χ3n) is 11.5. The van der Waals surface area contributed by atoms with Crippen molar-refractivity contribution in [1.29, 1.82) is 0 Å². The number of likely N-dealkylation sites (tertiary alicyclic amines) is 1. The highest BCUT2D eigenvalue weighted by Gasteiger charge is 2.51. The number of nitrogens with zero attached hydrogens (tertiary/aromatic N) is 3. The van der Waals surface area contributed by atoms with Gasteiger partial charge in [-0.3, -0.25) is 4.98 Å². The van der Waals surface area contributed by atoms with E-state index in [0.717, 1.165) is 69.4 Å². The molecule has 4 aromatic rings. The summed E-state index contributed by atoms with van der Waals surface area (Å²) in [6.07, 6.45) is 3.78. The largest absolute Gasteiger partial charge is 0.494 e. The van der Waals surface area contributed by atoms with Gasteiger partial charge in [-0.2, -0.15) is 0 Å². The average Bonchev–Trinajstić information content (AvgIpc) is 3.56. The Kier molecular flexibility index (Phi) is 11.0. The fourth-order valence-corrected chi connectivity index (χ4v) is 7.46. The Bertz CT molecular complexity index is 1860. The van der Waals surface area contributed by atoms with Crippen molar-refractivity contribution >= 4 is 29.6 Å². The van der Waals surface area contributed by atoms with Gasteiger partial charge in [-0.15, -0.1) is 0 Å². The average molecular weight is 710 g/mol. The van der Waals surface area contributed by atoms with E-state index >= 15 is 0 Å². The maximum Gasteiger partial charge on any atom is 0.494 e. The summed E-state index contributed by atoms with van der Waals surface area (Å²) in [7, 11) is 1.23. The second kappa shape index (κ2) is 15.0. The Balaban J connectivity index is 1.38. The molecule has 0 spiro atoms. The third-order valence-corrected chi connectivity index (χ3v) is 11.5.